The van der Waals surface area contributed by atoms with Gasteiger partial charge >= 0.3 is 0 Å². The van der Waals surface area contributed by atoms with Crippen molar-refractivity contribution in [2.75, 3.05) is 19.8 Å². The molecule has 0 amide bonds. The van der Waals surface area contributed by atoms with E-state index in [0.29, 0.717) is 12.5 Å². The van der Waals surface area contributed by atoms with Gasteiger partial charge in [-0.25, -0.2) is 10.4 Å². The van der Waals surface area contributed by atoms with E-state index in [1.54, 1.807) is 0 Å². The third kappa shape index (κ3) is 2.41. The van der Waals surface area contributed by atoms with Crippen LogP contribution in [-0.2, 0) is 16.5 Å². The Labute approximate surface area is 113 Å². The molecular weight excluding hydrogens is 244 g/mol. The molecule has 3 heterocycles. The lowest BCUT2D eigenvalue weighted by atomic mass is 9.81. The van der Waals surface area contributed by atoms with E-state index in [0.717, 1.165) is 38.3 Å². The second-order valence-corrected chi connectivity index (χ2v) is 5.63. The van der Waals surface area contributed by atoms with E-state index in [4.69, 9.17) is 15.3 Å². The van der Waals surface area contributed by atoms with Gasteiger partial charge < -0.3 is 14.0 Å². The highest BCUT2D eigenvalue weighted by Crippen LogP contribution is 2.40. The molecule has 19 heavy (non-hydrogen) atoms. The number of hydrogen-bond acceptors (Lipinski definition) is 5. The minimum atomic E-state index is -0.0941. The fourth-order valence-corrected chi connectivity index (χ4v) is 3.31. The second kappa shape index (κ2) is 5.20. The number of rotatable bonds is 3. The van der Waals surface area contributed by atoms with Gasteiger partial charge in [0, 0.05) is 39.1 Å². The molecule has 0 aliphatic carbocycles. The van der Waals surface area contributed by atoms with Crippen molar-refractivity contribution in [1.82, 2.24) is 15.0 Å². The summed E-state index contributed by atoms with van der Waals surface area (Å²) in [6, 6.07) is 0.0707. The average Bonchev–Trinajstić information content (AvgIpc) is 3.02. The first-order valence-corrected chi connectivity index (χ1v) is 6.89. The Balaban J connectivity index is 1.78. The van der Waals surface area contributed by atoms with E-state index in [2.05, 4.69) is 10.4 Å². The van der Waals surface area contributed by atoms with Crippen LogP contribution in [0, 0.1) is 5.92 Å². The molecule has 6 heteroatoms. The number of nitrogens with two attached hydrogens (primary N) is 1. The predicted octanol–water partition coefficient (Wildman–Crippen LogP) is 0.510. The molecule has 1 aromatic rings. The molecule has 3 unspecified atom stereocenters. The molecule has 1 spiro atoms. The zero-order chi connectivity index (χ0) is 13.3. The van der Waals surface area contributed by atoms with Gasteiger partial charge in [0.25, 0.3) is 0 Å². The highest BCUT2D eigenvalue weighted by molar-refractivity contribution is 5.03. The van der Waals surface area contributed by atoms with Crippen molar-refractivity contribution in [2.24, 2.45) is 18.8 Å². The smallest absolute Gasteiger partial charge is 0.127 e. The first-order chi connectivity index (χ1) is 9.24. The van der Waals surface area contributed by atoms with Gasteiger partial charge in [0.05, 0.1) is 18.2 Å². The fourth-order valence-electron chi connectivity index (χ4n) is 3.31. The summed E-state index contributed by atoms with van der Waals surface area (Å²) in [7, 11) is 2.00. The van der Waals surface area contributed by atoms with Crippen molar-refractivity contribution in [3.05, 3.63) is 18.2 Å². The lowest BCUT2D eigenvalue weighted by molar-refractivity contribution is -0.104. The van der Waals surface area contributed by atoms with Gasteiger partial charge in [-0.2, -0.15) is 0 Å². The Morgan fingerprint density at radius 1 is 1.58 bits per heavy atom. The SMILES string of the molecule is Cn1ccnc1C(NN)C1CCOC2(CCOC2)C1. The Morgan fingerprint density at radius 2 is 2.47 bits per heavy atom. The number of aryl methyl sites for hydroxylation is 1. The third-order valence-corrected chi connectivity index (χ3v) is 4.39. The Morgan fingerprint density at radius 3 is 3.11 bits per heavy atom. The summed E-state index contributed by atoms with van der Waals surface area (Å²) in [6.07, 6.45) is 6.74. The maximum absolute atomic E-state index is 5.98. The second-order valence-electron chi connectivity index (χ2n) is 5.63. The van der Waals surface area contributed by atoms with Gasteiger partial charge in [0.2, 0.25) is 0 Å². The van der Waals surface area contributed by atoms with Gasteiger partial charge in [-0.1, -0.05) is 0 Å². The zero-order valence-corrected chi connectivity index (χ0v) is 11.3. The first kappa shape index (κ1) is 13.1. The van der Waals surface area contributed by atoms with Crippen LogP contribution < -0.4 is 11.3 Å². The summed E-state index contributed by atoms with van der Waals surface area (Å²) in [4.78, 5) is 4.43. The van der Waals surface area contributed by atoms with Crippen LogP contribution in [0.5, 0.6) is 0 Å². The molecule has 3 rings (SSSR count). The quantitative estimate of drug-likeness (QED) is 0.616. The van der Waals surface area contributed by atoms with E-state index in [9.17, 15) is 0 Å². The summed E-state index contributed by atoms with van der Waals surface area (Å²) in [5.74, 6) is 7.20. The maximum atomic E-state index is 5.98. The Kier molecular flexibility index (Phi) is 3.58. The number of imidazole rings is 1. The largest absolute Gasteiger partial charge is 0.378 e. The summed E-state index contributed by atoms with van der Waals surface area (Å²) in [6.45, 7) is 2.29. The molecular formula is C13H22N4O2. The number of nitrogens with zero attached hydrogens (tertiary/aromatic N) is 2. The molecule has 2 aliphatic rings. The minimum Gasteiger partial charge on any atom is -0.378 e. The molecule has 0 saturated carbocycles. The molecule has 2 aliphatic heterocycles. The van der Waals surface area contributed by atoms with E-state index < -0.39 is 0 Å². The highest BCUT2D eigenvalue weighted by atomic mass is 16.6. The molecule has 0 radical (unpaired) electrons. The molecule has 2 fully saturated rings. The van der Waals surface area contributed by atoms with Crippen molar-refractivity contribution >= 4 is 0 Å². The summed E-state index contributed by atoms with van der Waals surface area (Å²) < 4.78 is 13.5. The lowest BCUT2D eigenvalue weighted by Crippen LogP contribution is -2.45. The van der Waals surface area contributed by atoms with Crippen LogP contribution in [0.15, 0.2) is 12.4 Å². The van der Waals surface area contributed by atoms with Gasteiger partial charge in [0.15, 0.2) is 0 Å². The van der Waals surface area contributed by atoms with Crippen molar-refractivity contribution < 1.29 is 9.47 Å². The van der Waals surface area contributed by atoms with Crippen molar-refractivity contribution in [3.63, 3.8) is 0 Å². The number of aromatic nitrogens is 2. The molecule has 3 atom stereocenters. The molecule has 0 bridgehead atoms. The summed E-state index contributed by atoms with van der Waals surface area (Å²) in [5.41, 5.74) is 2.85. The monoisotopic (exact) mass is 266 g/mol. The standard InChI is InChI=1S/C13H22N4O2/c1-17-5-4-15-12(17)11(16-14)10-2-6-19-13(8-10)3-7-18-9-13/h4-5,10-11,16H,2-3,6-9,14H2,1H3. The minimum absolute atomic E-state index is 0.0707. The fraction of sp³-hybridized carbons (Fsp3) is 0.769. The van der Waals surface area contributed by atoms with Crippen LogP contribution in [-0.4, -0.2) is 35.0 Å². The van der Waals surface area contributed by atoms with Crippen LogP contribution in [0.25, 0.3) is 0 Å². The average molecular weight is 266 g/mol. The predicted molar refractivity (Wildman–Crippen MR) is 70.1 cm³/mol. The number of hydrogen-bond donors (Lipinski definition) is 2. The summed E-state index contributed by atoms with van der Waals surface area (Å²) >= 11 is 0. The van der Waals surface area contributed by atoms with Gasteiger partial charge in [-0.15, -0.1) is 0 Å². The molecule has 1 aromatic heterocycles. The molecule has 0 aromatic carbocycles. The van der Waals surface area contributed by atoms with E-state index >= 15 is 0 Å². The zero-order valence-electron chi connectivity index (χ0n) is 11.3. The number of hydrazine groups is 1. The van der Waals surface area contributed by atoms with Crippen LogP contribution in [0.3, 0.4) is 0 Å². The van der Waals surface area contributed by atoms with Crippen LogP contribution >= 0.6 is 0 Å². The molecule has 106 valence electrons. The van der Waals surface area contributed by atoms with Gasteiger partial charge in [0.1, 0.15) is 5.82 Å². The first-order valence-electron chi connectivity index (χ1n) is 6.89. The highest BCUT2D eigenvalue weighted by Gasteiger charge is 2.43. The Hall–Kier alpha value is -0.950. The normalized spacial score (nSPS) is 32.8. The topological polar surface area (TPSA) is 74.3 Å². The van der Waals surface area contributed by atoms with Crippen LogP contribution in [0.4, 0.5) is 0 Å². The van der Waals surface area contributed by atoms with Gasteiger partial charge in [-0.3, -0.25) is 5.84 Å². The van der Waals surface area contributed by atoms with Crippen LogP contribution in [0.1, 0.15) is 31.1 Å². The van der Waals surface area contributed by atoms with E-state index in [1.807, 2.05) is 24.0 Å². The van der Waals surface area contributed by atoms with Crippen molar-refractivity contribution in [3.8, 4) is 0 Å². The number of nitrogens with one attached hydrogen (secondary N) is 1. The van der Waals surface area contributed by atoms with E-state index in [-0.39, 0.29) is 11.6 Å². The van der Waals surface area contributed by atoms with Gasteiger partial charge in [-0.05, 0) is 18.8 Å². The third-order valence-electron chi connectivity index (χ3n) is 4.39. The molecule has 3 N–H and O–H groups in total. The number of ether oxygens (including phenoxy) is 2. The van der Waals surface area contributed by atoms with Crippen molar-refractivity contribution in [1.29, 1.82) is 0 Å². The Bertz CT molecular complexity index is 428. The summed E-state index contributed by atoms with van der Waals surface area (Å²) in [5, 5.41) is 0. The molecule has 2 saturated heterocycles. The van der Waals surface area contributed by atoms with E-state index in [1.165, 1.54) is 0 Å². The molecule has 6 nitrogen and oxygen atoms in total. The van der Waals surface area contributed by atoms with Crippen molar-refractivity contribution in [2.45, 2.75) is 30.9 Å². The van der Waals surface area contributed by atoms with Crippen LogP contribution in [0.2, 0.25) is 0 Å². The maximum Gasteiger partial charge on any atom is 0.127 e. The lowest BCUT2D eigenvalue weighted by Gasteiger charge is -2.39.